The molecule has 0 aliphatic carbocycles. The molecular weight excluding hydrogens is 284 g/mol. The van der Waals surface area contributed by atoms with Crippen LogP contribution in [0.4, 0.5) is 0 Å². The Balaban J connectivity index is 3.30. The van der Waals surface area contributed by atoms with Gasteiger partial charge in [0, 0.05) is 5.56 Å². The summed E-state index contributed by atoms with van der Waals surface area (Å²) in [4.78, 5) is 22.8. The fourth-order valence-corrected chi connectivity index (χ4v) is 1.95. The van der Waals surface area contributed by atoms with Gasteiger partial charge in [-0.1, -0.05) is 28.9 Å². The predicted octanol–water partition coefficient (Wildman–Crippen LogP) is 3.36. The summed E-state index contributed by atoms with van der Waals surface area (Å²) in [6.07, 6.45) is 0.675. The summed E-state index contributed by atoms with van der Waals surface area (Å²) in [5.74, 6) is -1.06. The highest BCUT2D eigenvalue weighted by atomic mass is 79.9. The minimum Gasteiger partial charge on any atom is -0.478 e. The first-order valence-corrected chi connectivity index (χ1v) is 6.32. The number of aromatic carboxylic acids is 1. The molecule has 0 fully saturated rings. The van der Waals surface area contributed by atoms with Crippen molar-refractivity contribution < 1.29 is 14.7 Å². The lowest BCUT2D eigenvalue weighted by atomic mass is 9.96. The number of carboxylic acid groups (broad SMARTS) is 1. The van der Waals surface area contributed by atoms with E-state index < -0.39 is 5.97 Å². The van der Waals surface area contributed by atoms with E-state index in [4.69, 9.17) is 5.11 Å². The van der Waals surface area contributed by atoms with Crippen molar-refractivity contribution in [3.05, 3.63) is 34.4 Å². The van der Waals surface area contributed by atoms with Crippen LogP contribution in [0.3, 0.4) is 0 Å². The molecule has 0 aromatic heterocycles. The number of carbonyl (C=O) groups is 2. The van der Waals surface area contributed by atoms with E-state index in [1.807, 2.05) is 13.8 Å². The van der Waals surface area contributed by atoms with Gasteiger partial charge in [0.1, 0.15) is 0 Å². The molecular formula is C13H15BrO3. The van der Waals surface area contributed by atoms with E-state index >= 15 is 0 Å². The van der Waals surface area contributed by atoms with Gasteiger partial charge >= 0.3 is 5.97 Å². The number of Topliss-reactive ketones (excluding diaryl/α,β-unsaturated/α-hetero) is 1. The van der Waals surface area contributed by atoms with Crippen LogP contribution in [-0.2, 0) is 0 Å². The van der Waals surface area contributed by atoms with Crippen molar-refractivity contribution in [1.82, 2.24) is 0 Å². The van der Waals surface area contributed by atoms with Crippen LogP contribution in [0.5, 0.6) is 0 Å². The van der Waals surface area contributed by atoms with Crippen molar-refractivity contribution in [2.45, 2.75) is 32.0 Å². The van der Waals surface area contributed by atoms with Crippen molar-refractivity contribution in [2.24, 2.45) is 0 Å². The molecule has 0 bridgehead atoms. The van der Waals surface area contributed by atoms with Crippen molar-refractivity contribution >= 4 is 27.7 Å². The van der Waals surface area contributed by atoms with Gasteiger partial charge in [-0.2, -0.15) is 0 Å². The fourth-order valence-electron chi connectivity index (χ4n) is 1.70. The monoisotopic (exact) mass is 298 g/mol. The van der Waals surface area contributed by atoms with Crippen LogP contribution >= 0.6 is 15.9 Å². The molecule has 0 saturated heterocycles. The van der Waals surface area contributed by atoms with E-state index in [1.165, 1.54) is 6.07 Å². The molecule has 0 aliphatic rings. The lowest BCUT2D eigenvalue weighted by Gasteiger charge is -2.11. The van der Waals surface area contributed by atoms with E-state index in [0.717, 1.165) is 5.56 Å². The Bertz CT molecular complexity index is 466. The Morgan fingerprint density at radius 3 is 2.24 bits per heavy atom. The minimum absolute atomic E-state index is 0.0625. The van der Waals surface area contributed by atoms with Gasteiger partial charge in [0.2, 0.25) is 0 Å². The molecule has 3 nitrogen and oxygen atoms in total. The molecule has 17 heavy (non-hydrogen) atoms. The molecule has 0 amide bonds. The second-order valence-electron chi connectivity index (χ2n) is 4.03. The van der Waals surface area contributed by atoms with E-state index in [2.05, 4.69) is 15.9 Å². The highest BCUT2D eigenvalue weighted by Gasteiger charge is 2.19. The van der Waals surface area contributed by atoms with Crippen LogP contribution in [0.15, 0.2) is 12.1 Å². The van der Waals surface area contributed by atoms with E-state index in [0.29, 0.717) is 17.5 Å². The van der Waals surface area contributed by atoms with Crippen molar-refractivity contribution in [2.75, 3.05) is 0 Å². The SMILES string of the molecule is CCC(Br)C(=O)c1cc(C(=O)O)c(C)cc1C. The first-order chi connectivity index (χ1) is 7.88. The minimum atomic E-state index is -1.00. The highest BCUT2D eigenvalue weighted by Crippen LogP contribution is 2.21. The zero-order valence-electron chi connectivity index (χ0n) is 10.1. The number of ketones is 1. The molecule has 1 atom stereocenters. The Kier molecular flexibility index (Phi) is 4.46. The van der Waals surface area contributed by atoms with Gasteiger partial charge in [0.05, 0.1) is 10.4 Å². The molecule has 0 spiro atoms. The van der Waals surface area contributed by atoms with Crippen LogP contribution in [0.1, 0.15) is 45.2 Å². The van der Waals surface area contributed by atoms with Crippen LogP contribution < -0.4 is 0 Å². The average molecular weight is 299 g/mol. The molecule has 1 rings (SSSR count). The molecule has 0 heterocycles. The summed E-state index contributed by atoms with van der Waals surface area (Å²) in [6, 6.07) is 3.21. The summed E-state index contributed by atoms with van der Waals surface area (Å²) < 4.78 is 0. The van der Waals surface area contributed by atoms with Gasteiger partial charge < -0.3 is 5.11 Å². The third-order valence-electron chi connectivity index (χ3n) is 2.71. The molecule has 0 saturated carbocycles. The topological polar surface area (TPSA) is 54.4 Å². The molecule has 1 aromatic carbocycles. The summed E-state index contributed by atoms with van der Waals surface area (Å²) in [7, 11) is 0. The number of benzene rings is 1. The normalized spacial score (nSPS) is 12.2. The molecule has 92 valence electrons. The maximum absolute atomic E-state index is 12.0. The van der Waals surface area contributed by atoms with Crippen LogP contribution in [0, 0.1) is 13.8 Å². The standard InChI is InChI=1S/C13H15BrO3/c1-4-11(14)12(15)9-6-10(13(16)17)8(3)5-7(9)2/h5-6,11H,4H2,1-3H3,(H,16,17). The third-order valence-corrected chi connectivity index (χ3v) is 3.77. The van der Waals surface area contributed by atoms with Gasteiger partial charge in [-0.3, -0.25) is 4.79 Å². The van der Waals surface area contributed by atoms with Gasteiger partial charge in [-0.25, -0.2) is 4.79 Å². The molecule has 0 aliphatic heterocycles. The van der Waals surface area contributed by atoms with E-state index in [-0.39, 0.29) is 16.2 Å². The highest BCUT2D eigenvalue weighted by molar-refractivity contribution is 9.10. The van der Waals surface area contributed by atoms with Gasteiger partial charge in [0.15, 0.2) is 5.78 Å². The van der Waals surface area contributed by atoms with Crippen LogP contribution in [0.25, 0.3) is 0 Å². The summed E-state index contributed by atoms with van der Waals surface area (Å²) in [5.41, 5.74) is 2.16. The Morgan fingerprint density at radius 2 is 1.76 bits per heavy atom. The van der Waals surface area contributed by atoms with Crippen molar-refractivity contribution in [3.8, 4) is 0 Å². The van der Waals surface area contributed by atoms with Crippen molar-refractivity contribution in [3.63, 3.8) is 0 Å². The Hall–Kier alpha value is -1.16. The first-order valence-electron chi connectivity index (χ1n) is 5.41. The predicted molar refractivity (Wildman–Crippen MR) is 70.2 cm³/mol. The molecule has 1 unspecified atom stereocenters. The number of hydrogen-bond donors (Lipinski definition) is 1. The average Bonchev–Trinajstić information content (AvgIpc) is 2.26. The van der Waals surface area contributed by atoms with Crippen LogP contribution in [0.2, 0.25) is 0 Å². The number of alkyl halides is 1. The third kappa shape index (κ3) is 2.94. The second-order valence-corrected chi connectivity index (χ2v) is 5.13. The van der Waals surface area contributed by atoms with E-state index in [1.54, 1.807) is 13.0 Å². The summed E-state index contributed by atoms with van der Waals surface area (Å²) in [5, 5.41) is 9.04. The smallest absolute Gasteiger partial charge is 0.335 e. The largest absolute Gasteiger partial charge is 0.478 e. The maximum Gasteiger partial charge on any atom is 0.335 e. The fraction of sp³-hybridized carbons (Fsp3) is 0.385. The quantitative estimate of drug-likeness (QED) is 0.685. The molecule has 1 aromatic rings. The molecule has 4 heteroatoms. The first kappa shape index (κ1) is 13.9. The summed E-state index contributed by atoms with van der Waals surface area (Å²) >= 11 is 3.30. The number of carbonyl (C=O) groups excluding carboxylic acids is 1. The lowest BCUT2D eigenvalue weighted by Crippen LogP contribution is -2.16. The van der Waals surface area contributed by atoms with Crippen LogP contribution in [-0.4, -0.2) is 21.7 Å². The second kappa shape index (κ2) is 5.45. The molecule has 1 N–H and O–H groups in total. The number of carboxylic acids is 1. The Labute approximate surface area is 109 Å². The Morgan fingerprint density at radius 1 is 1.24 bits per heavy atom. The maximum atomic E-state index is 12.0. The van der Waals surface area contributed by atoms with Gasteiger partial charge in [-0.15, -0.1) is 0 Å². The van der Waals surface area contributed by atoms with E-state index in [9.17, 15) is 9.59 Å². The number of halogens is 1. The summed E-state index contributed by atoms with van der Waals surface area (Å²) in [6.45, 7) is 5.45. The number of hydrogen-bond acceptors (Lipinski definition) is 2. The van der Waals surface area contributed by atoms with Gasteiger partial charge in [0.25, 0.3) is 0 Å². The molecule has 0 radical (unpaired) electrons. The number of rotatable bonds is 4. The number of aryl methyl sites for hydroxylation is 2. The zero-order valence-corrected chi connectivity index (χ0v) is 11.7. The van der Waals surface area contributed by atoms with Gasteiger partial charge in [-0.05, 0) is 37.5 Å². The van der Waals surface area contributed by atoms with Crippen molar-refractivity contribution in [1.29, 1.82) is 0 Å². The lowest BCUT2D eigenvalue weighted by molar-refractivity contribution is 0.0696. The zero-order chi connectivity index (χ0) is 13.2.